The highest BCUT2D eigenvalue weighted by molar-refractivity contribution is 5.92. The summed E-state index contributed by atoms with van der Waals surface area (Å²) < 4.78 is 22.2. The number of halogens is 2. The molecule has 0 aliphatic carbocycles. The molecule has 6 heteroatoms. The van der Waals surface area contributed by atoms with Crippen LogP contribution in [0.25, 0.3) is 0 Å². The van der Waals surface area contributed by atoms with Crippen LogP contribution in [0.3, 0.4) is 0 Å². The first-order valence-corrected chi connectivity index (χ1v) is 1.84. The van der Waals surface area contributed by atoms with Crippen LogP contribution in [0.2, 0.25) is 0 Å². The van der Waals surface area contributed by atoms with Gasteiger partial charge in [0.1, 0.15) is 0 Å². The van der Waals surface area contributed by atoms with Crippen molar-refractivity contribution in [3.63, 3.8) is 0 Å². The Morgan fingerprint density at radius 3 is 1.89 bits per heavy atom. The van der Waals surface area contributed by atoms with Gasteiger partial charge in [-0.3, -0.25) is 10.1 Å². The molecule has 1 N–H and O–H groups in total. The van der Waals surface area contributed by atoms with Crippen molar-refractivity contribution >= 4 is 12.0 Å². The van der Waals surface area contributed by atoms with Gasteiger partial charge in [-0.25, -0.2) is 9.90 Å². The lowest BCUT2D eigenvalue weighted by Gasteiger charge is -1.92. The molecule has 0 spiro atoms. The lowest BCUT2D eigenvalue weighted by Crippen LogP contribution is -2.32. The molecule has 0 aliphatic rings. The molecule has 0 unspecified atom stereocenters. The number of nitrogens with one attached hydrogen (secondary N) is 1. The van der Waals surface area contributed by atoms with Gasteiger partial charge in [0.2, 0.25) is 0 Å². The van der Waals surface area contributed by atoms with Crippen LogP contribution < -0.4 is 5.32 Å². The molecule has 0 saturated heterocycles. The van der Waals surface area contributed by atoms with Crippen molar-refractivity contribution < 1.29 is 23.5 Å². The van der Waals surface area contributed by atoms with Crippen LogP contribution in [-0.2, 0) is 9.90 Å². The van der Waals surface area contributed by atoms with Crippen molar-refractivity contribution in [1.29, 1.82) is 0 Å². The van der Waals surface area contributed by atoms with Gasteiger partial charge in [-0.05, 0) is 0 Å². The summed E-state index contributed by atoms with van der Waals surface area (Å²) >= 11 is 0. The van der Waals surface area contributed by atoms with Crippen LogP contribution in [0.1, 0.15) is 0 Å². The Hall–Kier alpha value is -1.20. The van der Waals surface area contributed by atoms with Crippen molar-refractivity contribution in [2.24, 2.45) is 0 Å². The number of carbonyl (C=O) groups is 2. The van der Waals surface area contributed by atoms with Gasteiger partial charge in [-0.15, -0.1) is 0 Å². The van der Waals surface area contributed by atoms with E-state index in [1.165, 1.54) is 0 Å². The van der Waals surface area contributed by atoms with Gasteiger partial charge in [0.15, 0.2) is 0 Å². The van der Waals surface area contributed by atoms with Crippen molar-refractivity contribution in [3.05, 3.63) is 0 Å². The Balaban J connectivity index is 3.64. The number of imide groups is 1. The summed E-state index contributed by atoms with van der Waals surface area (Å²) in [6, 6.07) is 0. The third-order valence-electron chi connectivity index (χ3n) is 0.423. The van der Waals surface area contributed by atoms with Gasteiger partial charge in [-0.2, -0.15) is 8.78 Å². The van der Waals surface area contributed by atoms with Crippen LogP contribution in [-0.4, -0.2) is 18.4 Å². The van der Waals surface area contributed by atoms with Crippen LogP contribution >= 0.6 is 0 Å². The van der Waals surface area contributed by atoms with E-state index in [0.717, 1.165) is 5.32 Å². The van der Waals surface area contributed by atoms with E-state index < -0.39 is 18.4 Å². The van der Waals surface area contributed by atoms with Gasteiger partial charge in [0.05, 0.1) is 0 Å². The number of hydrogen-bond donors (Lipinski definition) is 1. The number of amides is 2. The minimum Gasteiger partial charge on any atom is -0.268 e. The second-order valence-electron chi connectivity index (χ2n) is 1.08. The molecule has 0 aromatic carbocycles. The molecule has 2 amide bonds. The Labute approximate surface area is 48.5 Å². The van der Waals surface area contributed by atoms with E-state index in [4.69, 9.17) is 0 Å². The predicted octanol–water partition coefficient (Wildman–Crippen LogP) is -0.0818. The standard InChI is InChI=1S/C3H2F2NO3/c4-1(5)2(7)6-3(8)9/h1H,(H,6,7). The predicted molar refractivity (Wildman–Crippen MR) is 20.2 cm³/mol. The average Bonchev–Trinajstić information content (AvgIpc) is 1.63. The molecule has 0 atom stereocenters. The van der Waals surface area contributed by atoms with Gasteiger partial charge < -0.3 is 0 Å². The highest BCUT2D eigenvalue weighted by Crippen LogP contribution is 1.89. The van der Waals surface area contributed by atoms with Crippen LogP contribution in [0.5, 0.6) is 0 Å². The lowest BCUT2D eigenvalue weighted by molar-refractivity contribution is -0.130. The second-order valence-corrected chi connectivity index (χ2v) is 1.08. The first-order valence-electron chi connectivity index (χ1n) is 1.84. The summed E-state index contributed by atoms with van der Waals surface area (Å²) in [5.41, 5.74) is 0. The molecule has 4 nitrogen and oxygen atoms in total. The molecule has 0 aromatic rings. The Kier molecular flexibility index (Phi) is 2.56. The van der Waals surface area contributed by atoms with Gasteiger partial charge in [0, 0.05) is 0 Å². The van der Waals surface area contributed by atoms with E-state index in [1.807, 2.05) is 0 Å². The first-order chi connectivity index (χ1) is 4.04. The fourth-order valence-electron chi connectivity index (χ4n) is 0.155. The molecular formula is C3H2F2NO3. The molecule has 0 aromatic heterocycles. The molecule has 0 aliphatic heterocycles. The fourth-order valence-corrected chi connectivity index (χ4v) is 0.155. The Morgan fingerprint density at radius 2 is 1.78 bits per heavy atom. The third-order valence-corrected chi connectivity index (χ3v) is 0.423. The van der Waals surface area contributed by atoms with E-state index in [2.05, 4.69) is 0 Å². The summed E-state index contributed by atoms with van der Waals surface area (Å²) in [5, 5.41) is 10.2. The summed E-state index contributed by atoms with van der Waals surface area (Å²) in [5.74, 6) is -1.87. The average molecular weight is 138 g/mol. The smallest absolute Gasteiger partial charge is 0.268 e. The summed E-state index contributed by atoms with van der Waals surface area (Å²) in [6.07, 6.45) is -5.34. The largest absolute Gasteiger partial charge is 0.457 e. The topological polar surface area (TPSA) is 66.1 Å². The maximum atomic E-state index is 11.1. The van der Waals surface area contributed by atoms with Crippen LogP contribution in [0.15, 0.2) is 0 Å². The van der Waals surface area contributed by atoms with Gasteiger partial charge >= 0.3 is 12.5 Å². The van der Waals surface area contributed by atoms with E-state index in [9.17, 15) is 23.5 Å². The van der Waals surface area contributed by atoms with E-state index in [-0.39, 0.29) is 0 Å². The summed E-state index contributed by atoms with van der Waals surface area (Å²) in [6.45, 7) is 0. The molecule has 0 heterocycles. The molecular weight excluding hydrogens is 136 g/mol. The highest BCUT2D eigenvalue weighted by Gasteiger charge is 2.17. The van der Waals surface area contributed by atoms with Crippen molar-refractivity contribution in [3.8, 4) is 0 Å². The second kappa shape index (κ2) is 2.95. The molecule has 0 bridgehead atoms. The maximum Gasteiger partial charge on any atom is 0.457 e. The lowest BCUT2D eigenvalue weighted by atomic mass is 10.6. The number of carbonyl (C=O) groups excluding carboxylic acids is 2. The van der Waals surface area contributed by atoms with Crippen molar-refractivity contribution in [2.75, 3.05) is 0 Å². The maximum absolute atomic E-state index is 11.1. The molecule has 51 valence electrons. The van der Waals surface area contributed by atoms with E-state index in [0.29, 0.717) is 0 Å². The normalized spacial score (nSPS) is 9.22. The zero-order chi connectivity index (χ0) is 7.44. The molecule has 1 radical (unpaired) electrons. The zero-order valence-electron chi connectivity index (χ0n) is 4.06. The Morgan fingerprint density at radius 1 is 1.33 bits per heavy atom. The monoisotopic (exact) mass is 138 g/mol. The molecule has 0 rings (SSSR count). The third kappa shape index (κ3) is 3.39. The summed E-state index contributed by atoms with van der Waals surface area (Å²) in [7, 11) is 0. The zero-order valence-corrected chi connectivity index (χ0v) is 4.06. The fraction of sp³-hybridized carbons (Fsp3) is 0.333. The van der Waals surface area contributed by atoms with Crippen molar-refractivity contribution in [2.45, 2.75) is 6.43 Å². The number of alkyl halides is 2. The molecule has 0 fully saturated rings. The number of hydrogen-bond acceptors (Lipinski definition) is 2. The first kappa shape index (κ1) is 7.80. The number of rotatable bonds is 1. The minimum absolute atomic E-state index is 0.859. The molecule has 9 heavy (non-hydrogen) atoms. The Bertz CT molecular complexity index is 135. The van der Waals surface area contributed by atoms with Crippen molar-refractivity contribution in [1.82, 2.24) is 5.32 Å². The molecule has 0 saturated carbocycles. The summed E-state index contributed by atoms with van der Waals surface area (Å²) in [4.78, 5) is 19.0. The highest BCUT2D eigenvalue weighted by atomic mass is 19.3. The van der Waals surface area contributed by atoms with Gasteiger partial charge in [-0.1, -0.05) is 0 Å². The van der Waals surface area contributed by atoms with Crippen LogP contribution in [0.4, 0.5) is 13.6 Å². The quantitative estimate of drug-likeness (QED) is 0.550. The minimum atomic E-state index is -3.32. The SMILES string of the molecule is [O]C(=O)NC(=O)C(F)F. The van der Waals surface area contributed by atoms with E-state index >= 15 is 0 Å². The van der Waals surface area contributed by atoms with E-state index in [1.54, 1.807) is 0 Å². The van der Waals surface area contributed by atoms with Crippen LogP contribution in [0, 0.1) is 0 Å². The van der Waals surface area contributed by atoms with Gasteiger partial charge in [0.25, 0.3) is 5.91 Å².